The van der Waals surface area contributed by atoms with E-state index in [2.05, 4.69) is 20.3 Å². The first kappa shape index (κ1) is 10.2. The number of amides is 1. The second-order valence-electron chi connectivity index (χ2n) is 3.13. The van der Waals surface area contributed by atoms with Crippen LogP contribution in [0.2, 0.25) is 0 Å². The lowest BCUT2D eigenvalue weighted by Crippen LogP contribution is -2.23. The molecule has 0 aliphatic carbocycles. The number of nitrogens with zero attached hydrogens (tertiary/aromatic N) is 2. The van der Waals surface area contributed by atoms with E-state index in [4.69, 9.17) is 0 Å². The molecule has 6 heteroatoms. The third-order valence-corrected chi connectivity index (χ3v) is 2.00. The van der Waals surface area contributed by atoms with Gasteiger partial charge in [0, 0.05) is 12.4 Å². The summed E-state index contributed by atoms with van der Waals surface area (Å²) in [6, 6.07) is 2.97. The van der Waals surface area contributed by atoms with E-state index in [1.807, 2.05) is 0 Å². The molecule has 0 aliphatic heterocycles. The summed E-state index contributed by atoms with van der Waals surface area (Å²) in [5, 5.41) is 12.0. The fourth-order valence-corrected chi connectivity index (χ4v) is 1.21. The Labute approximate surface area is 91.4 Å². The van der Waals surface area contributed by atoms with Crippen molar-refractivity contribution in [3.05, 3.63) is 42.2 Å². The van der Waals surface area contributed by atoms with Gasteiger partial charge < -0.3 is 15.4 Å². The predicted molar refractivity (Wildman–Crippen MR) is 55.7 cm³/mol. The van der Waals surface area contributed by atoms with E-state index >= 15 is 0 Å². The molecule has 2 aromatic rings. The summed E-state index contributed by atoms with van der Waals surface area (Å²) in [5.74, 6) is -0.558. The number of rotatable bonds is 3. The van der Waals surface area contributed by atoms with Crippen molar-refractivity contribution < 1.29 is 9.90 Å². The van der Waals surface area contributed by atoms with E-state index < -0.39 is 5.91 Å². The third-order valence-electron chi connectivity index (χ3n) is 2.00. The van der Waals surface area contributed by atoms with Crippen molar-refractivity contribution in [1.29, 1.82) is 0 Å². The van der Waals surface area contributed by atoms with E-state index in [1.165, 1.54) is 18.6 Å². The average Bonchev–Trinajstić information content (AvgIpc) is 2.79. The van der Waals surface area contributed by atoms with Gasteiger partial charge in [-0.1, -0.05) is 0 Å². The highest BCUT2D eigenvalue weighted by Crippen LogP contribution is 2.11. The van der Waals surface area contributed by atoms with Crippen LogP contribution < -0.4 is 5.32 Å². The number of imidazole rings is 1. The lowest BCUT2D eigenvalue weighted by atomic mass is 10.3. The number of aromatic hydroxyl groups is 1. The standard InChI is InChI=1S/C10H10N4O2/c15-8-2-1-3-12-9(8)10(16)13-5-7-4-11-6-14-7/h1-4,6,15H,5H2,(H,11,14)(H,13,16). The lowest BCUT2D eigenvalue weighted by Gasteiger charge is -2.03. The van der Waals surface area contributed by atoms with Crippen LogP contribution in [-0.2, 0) is 6.54 Å². The molecule has 0 saturated heterocycles. The van der Waals surface area contributed by atoms with Gasteiger partial charge in [-0.15, -0.1) is 0 Å². The highest BCUT2D eigenvalue weighted by atomic mass is 16.3. The Morgan fingerprint density at radius 3 is 3.12 bits per heavy atom. The van der Waals surface area contributed by atoms with E-state index in [0.29, 0.717) is 6.54 Å². The van der Waals surface area contributed by atoms with Crippen molar-refractivity contribution in [2.75, 3.05) is 0 Å². The fourth-order valence-electron chi connectivity index (χ4n) is 1.21. The van der Waals surface area contributed by atoms with E-state index in [-0.39, 0.29) is 11.4 Å². The van der Waals surface area contributed by atoms with Crippen LogP contribution in [0.5, 0.6) is 5.75 Å². The van der Waals surface area contributed by atoms with Crippen molar-refractivity contribution in [1.82, 2.24) is 20.3 Å². The van der Waals surface area contributed by atoms with Crippen LogP contribution in [0.4, 0.5) is 0 Å². The fraction of sp³-hybridized carbons (Fsp3) is 0.100. The maximum absolute atomic E-state index is 11.6. The molecule has 0 unspecified atom stereocenters. The third kappa shape index (κ3) is 2.17. The van der Waals surface area contributed by atoms with Gasteiger partial charge in [-0.2, -0.15) is 0 Å². The second kappa shape index (κ2) is 4.43. The van der Waals surface area contributed by atoms with Crippen LogP contribution in [-0.4, -0.2) is 26.0 Å². The van der Waals surface area contributed by atoms with Crippen LogP contribution in [0.1, 0.15) is 16.2 Å². The van der Waals surface area contributed by atoms with E-state index in [9.17, 15) is 9.90 Å². The number of aromatic nitrogens is 3. The van der Waals surface area contributed by atoms with E-state index in [1.54, 1.807) is 12.3 Å². The Morgan fingerprint density at radius 1 is 1.56 bits per heavy atom. The van der Waals surface area contributed by atoms with Crippen LogP contribution >= 0.6 is 0 Å². The van der Waals surface area contributed by atoms with Crippen molar-refractivity contribution in [3.63, 3.8) is 0 Å². The van der Waals surface area contributed by atoms with Crippen molar-refractivity contribution in [2.24, 2.45) is 0 Å². The summed E-state index contributed by atoms with van der Waals surface area (Å²) >= 11 is 0. The molecule has 0 bridgehead atoms. The van der Waals surface area contributed by atoms with Gasteiger partial charge >= 0.3 is 0 Å². The largest absolute Gasteiger partial charge is 0.505 e. The molecule has 0 atom stereocenters. The molecule has 0 radical (unpaired) electrons. The Balaban J connectivity index is 2.01. The monoisotopic (exact) mass is 218 g/mol. The van der Waals surface area contributed by atoms with Gasteiger partial charge in [0.05, 0.1) is 18.6 Å². The van der Waals surface area contributed by atoms with Gasteiger partial charge in [0.25, 0.3) is 5.91 Å². The number of aromatic amines is 1. The van der Waals surface area contributed by atoms with Crippen LogP contribution in [0.3, 0.4) is 0 Å². The number of H-pyrrole nitrogens is 1. The molecule has 0 fully saturated rings. The molecule has 0 spiro atoms. The minimum absolute atomic E-state index is 0.0158. The quantitative estimate of drug-likeness (QED) is 0.697. The smallest absolute Gasteiger partial charge is 0.274 e. The summed E-state index contributed by atoms with van der Waals surface area (Å²) in [5.41, 5.74) is 0.797. The maximum atomic E-state index is 11.6. The minimum Gasteiger partial charge on any atom is -0.505 e. The zero-order valence-electron chi connectivity index (χ0n) is 8.34. The first-order valence-corrected chi connectivity index (χ1v) is 4.67. The summed E-state index contributed by atoms with van der Waals surface area (Å²) in [7, 11) is 0. The predicted octanol–water partition coefficient (Wildman–Crippen LogP) is 0.440. The first-order valence-electron chi connectivity index (χ1n) is 4.67. The van der Waals surface area contributed by atoms with Gasteiger partial charge in [0.2, 0.25) is 0 Å². The van der Waals surface area contributed by atoms with Gasteiger partial charge in [-0.05, 0) is 12.1 Å². The average molecular weight is 218 g/mol. The summed E-state index contributed by atoms with van der Waals surface area (Å²) < 4.78 is 0. The second-order valence-corrected chi connectivity index (χ2v) is 3.13. The van der Waals surface area contributed by atoms with Gasteiger partial charge in [-0.3, -0.25) is 4.79 Å². The number of nitrogens with one attached hydrogen (secondary N) is 2. The molecule has 2 rings (SSSR count). The number of carbonyl (C=O) groups excluding carboxylic acids is 1. The molecule has 3 N–H and O–H groups in total. The molecule has 0 saturated carbocycles. The van der Waals surface area contributed by atoms with Crippen LogP contribution in [0.15, 0.2) is 30.9 Å². The molecule has 0 aliphatic rings. The number of hydrogen-bond acceptors (Lipinski definition) is 4. The highest BCUT2D eigenvalue weighted by molar-refractivity contribution is 5.94. The highest BCUT2D eigenvalue weighted by Gasteiger charge is 2.11. The summed E-state index contributed by atoms with van der Waals surface area (Å²) in [6.07, 6.45) is 4.59. The molecule has 2 heterocycles. The van der Waals surface area contributed by atoms with Crippen molar-refractivity contribution in [2.45, 2.75) is 6.54 Å². The topological polar surface area (TPSA) is 90.9 Å². The SMILES string of the molecule is O=C(NCc1cnc[nH]1)c1ncccc1O. The van der Waals surface area contributed by atoms with E-state index in [0.717, 1.165) is 5.69 Å². The van der Waals surface area contributed by atoms with Gasteiger partial charge in [0.1, 0.15) is 5.75 Å². The van der Waals surface area contributed by atoms with Crippen molar-refractivity contribution >= 4 is 5.91 Å². The normalized spacial score (nSPS) is 10.0. The molecule has 16 heavy (non-hydrogen) atoms. The molecule has 82 valence electrons. The Kier molecular flexibility index (Phi) is 2.81. The number of carbonyl (C=O) groups is 1. The van der Waals surface area contributed by atoms with Gasteiger partial charge in [-0.25, -0.2) is 9.97 Å². The van der Waals surface area contributed by atoms with Crippen LogP contribution in [0.25, 0.3) is 0 Å². The van der Waals surface area contributed by atoms with Crippen molar-refractivity contribution in [3.8, 4) is 5.75 Å². The summed E-state index contributed by atoms with van der Waals surface area (Å²) in [4.78, 5) is 22.1. The Hall–Kier alpha value is -2.37. The Morgan fingerprint density at radius 2 is 2.44 bits per heavy atom. The number of hydrogen-bond donors (Lipinski definition) is 3. The van der Waals surface area contributed by atoms with Crippen LogP contribution in [0, 0.1) is 0 Å². The summed E-state index contributed by atoms with van der Waals surface area (Å²) in [6.45, 7) is 0.314. The molecular formula is C10H10N4O2. The molecule has 2 aromatic heterocycles. The molecule has 0 aromatic carbocycles. The molecule has 6 nitrogen and oxygen atoms in total. The Bertz CT molecular complexity index is 481. The zero-order valence-corrected chi connectivity index (χ0v) is 8.34. The molecule has 1 amide bonds. The lowest BCUT2D eigenvalue weighted by molar-refractivity contribution is 0.0942. The maximum Gasteiger partial charge on any atom is 0.274 e. The molecular weight excluding hydrogens is 208 g/mol. The minimum atomic E-state index is -0.423. The van der Waals surface area contributed by atoms with Gasteiger partial charge in [0.15, 0.2) is 5.69 Å². The first-order chi connectivity index (χ1) is 7.77. The number of pyridine rings is 1. The zero-order chi connectivity index (χ0) is 11.4.